The largest absolute Gasteiger partial charge is 0.395 e. The first-order valence-corrected chi connectivity index (χ1v) is 6.01. The molecule has 4 heteroatoms. The standard InChI is InChI=1S/C13H20O4/c1-12-5-4-11(17-9-16-2)13(12,8-14)6-3-10(15)7-12/h3,6,11,14H,4-5,7-9H2,1-2H3/t11-,12-,13+/m0/s1. The van der Waals surface area contributed by atoms with Gasteiger partial charge >= 0.3 is 0 Å². The number of hydrogen-bond acceptors (Lipinski definition) is 4. The topological polar surface area (TPSA) is 55.8 Å². The van der Waals surface area contributed by atoms with Crippen molar-refractivity contribution >= 4 is 5.78 Å². The Bertz CT molecular complexity index is 336. The van der Waals surface area contributed by atoms with E-state index < -0.39 is 5.41 Å². The smallest absolute Gasteiger partial charge is 0.155 e. The molecule has 0 spiro atoms. The maximum Gasteiger partial charge on any atom is 0.155 e. The molecular weight excluding hydrogens is 220 g/mol. The monoisotopic (exact) mass is 240 g/mol. The van der Waals surface area contributed by atoms with Crippen molar-refractivity contribution in [3.8, 4) is 0 Å². The molecule has 0 amide bonds. The van der Waals surface area contributed by atoms with Crippen LogP contribution in [0.1, 0.15) is 26.2 Å². The van der Waals surface area contributed by atoms with Crippen molar-refractivity contribution in [1.82, 2.24) is 0 Å². The number of carbonyl (C=O) groups excluding carboxylic acids is 1. The van der Waals surface area contributed by atoms with E-state index >= 15 is 0 Å². The highest BCUT2D eigenvalue weighted by atomic mass is 16.7. The van der Waals surface area contributed by atoms with Crippen molar-refractivity contribution in [2.24, 2.45) is 10.8 Å². The average Bonchev–Trinajstić information content (AvgIpc) is 2.59. The number of rotatable bonds is 4. The van der Waals surface area contributed by atoms with E-state index in [9.17, 15) is 9.90 Å². The summed E-state index contributed by atoms with van der Waals surface area (Å²) in [7, 11) is 1.58. The number of ether oxygens (including phenoxy) is 2. The van der Waals surface area contributed by atoms with Crippen molar-refractivity contribution in [1.29, 1.82) is 0 Å². The van der Waals surface area contributed by atoms with Gasteiger partial charge in [0.2, 0.25) is 0 Å². The molecule has 1 N–H and O–H groups in total. The molecule has 0 saturated heterocycles. The number of aliphatic hydroxyl groups excluding tert-OH is 1. The maximum atomic E-state index is 11.6. The van der Waals surface area contributed by atoms with Crippen LogP contribution in [0.15, 0.2) is 12.2 Å². The van der Waals surface area contributed by atoms with Gasteiger partial charge in [0.1, 0.15) is 6.79 Å². The molecular formula is C13H20O4. The van der Waals surface area contributed by atoms with Crippen molar-refractivity contribution in [3.05, 3.63) is 12.2 Å². The van der Waals surface area contributed by atoms with Crippen LogP contribution < -0.4 is 0 Å². The van der Waals surface area contributed by atoms with Crippen LogP contribution in [0.3, 0.4) is 0 Å². The minimum absolute atomic E-state index is 0.0155. The second-order valence-corrected chi connectivity index (χ2v) is 5.34. The van der Waals surface area contributed by atoms with E-state index in [1.807, 2.05) is 6.08 Å². The summed E-state index contributed by atoms with van der Waals surface area (Å²) in [6.45, 7) is 2.31. The molecule has 0 aromatic heterocycles. The Balaban J connectivity index is 2.29. The average molecular weight is 240 g/mol. The lowest BCUT2D eigenvalue weighted by atomic mass is 9.61. The highest BCUT2D eigenvalue weighted by Gasteiger charge is 2.58. The van der Waals surface area contributed by atoms with Gasteiger partial charge < -0.3 is 14.6 Å². The van der Waals surface area contributed by atoms with Crippen LogP contribution in [-0.2, 0) is 14.3 Å². The Labute approximate surface area is 102 Å². The molecule has 2 rings (SSSR count). The number of hydrogen-bond donors (Lipinski definition) is 1. The molecule has 0 aromatic rings. The number of aliphatic hydroxyl groups is 1. The van der Waals surface area contributed by atoms with E-state index in [1.165, 1.54) is 0 Å². The van der Waals surface area contributed by atoms with Gasteiger partial charge in [0.15, 0.2) is 5.78 Å². The van der Waals surface area contributed by atoms with Crippen LogP contribution in [0.2, 0.25) is 0 Å². The first kappa shape index (κ1) is 12.7. The Morgan fingerprint density at radius 2 is 2.35 bits per heavy atom. The lowest BCUT2D eigenvalue weighted by Crippen LogP contribution is -2.47. The normalized spacial score (nSPS) is 40.6. The van der Waals surface area contributed by atoms with Gasteiger partial charge in [-0.05, 0) is 24.3 Å². The molecule has 0 aliphatic heterocycles. The molecule has 2 aliphatic carbocycles. The van der Waals surface area contributed by atoms with Gasteiger partial charge in [-0.1, -0.05) is 13.0 Å². The summed E-state index contributed by atoms with van der Waals surface area (Å²) in [5.74, 6) is 0.143. The molecule has 0 radical (unpaired) electrons. The molecule has 1 fully saturated rings. The first-order valence-electron chi connectivity index (χ1n) is 6.01. The zero-order valence-corrected chi connectivity index (χ0v) is 10.4. The Kier molecular flexibility index (Phi) is 3.39. The first-order chi connectivity index (χ1) is 8.08. The van der Waals surface area contributed by atoms with E-state index in [0.717, 1.165) is 12.8 Å². The van der Waals surface area contributed by atoms with E-state index in [1.54, 1.807) is 13.2 Å². The van der Waals surface area contributed by atoms with E-state index in [4.69, 9.17) is 9.47 Å². The molecule has 2 aliphatic rings. The molecule has 0 bridgehead atoms. The summed E-state index contributed by atoms with van der Waals surface area (Å²) < 4.78 is 10.6. The number of carbonyl (C=O) groups is 1. The molecule has 4 nitrogen and oxygen atoms in total. The Morgan fingerprint density at radius 1 is 1.59 bits per heavy atom. The summed E-state index contributed by atoms with van der Waals surface area (Å²) in [5.41, 5.74) is -0.620. The Hall–Kier alpha value is -0.710. The van der Waals surface area contributed by atoms with Gasteiger partial charge in [-0.25, -0.2) is 0 Å². The third-order valence-electron chi connectivity index (χ3n) is 4.44. The number of allylic oxidation sites excluding steroid dienone is 1. The summed E-state index contributed by atoms with van der Waals surface area (Å²) in [6, 6.07) is 0. The maximum absolute atomic E-state index is 11.6. The second kappa shape index (κ2) is 4.52. The van der Waals surface area contributed by atoms with Gasteiger partial charge in [0.25, 0.3) is 0 Å². The lowest BCUT2D eigenvalue weighted by Gasteiger charge is -2.45. The quantitative estimate of drug-likeness (QED) is 0.752. The van der Waals surface area contributed by atoms with Crippen LogP contribution >= 0.6 is 0 Å². The van der Waals surface area contributed by atoms with Gasteiger partial charge in [0.05, 0.1) is 12.7 Å². The minimum atomic E-state index is -0.431. The molecule has 96 valence electrons. The highest BCUT2D eigenvalue weighted by Crippen LogP contribution is 2.58. The minimum Gasteiger partial charge on any atom is -0.395 e. The molecule has 17 heavy (non-hydrogen) atoms. The molecule has 0 heterocycles. The third-order valence-corrected chi connectivity index (χ3v) is 4.44. The molecule has 1 saturated carbocycles. The second-order valence-electron chi connectivity index (χ2n) is 5.34. The van der Waals surface area contributed by atoms with Gasteiger partial charge in [-0.15, -0.1) is 0 Å². The Morgan fingerprint density at radius 3 is 3.00 bits per heavy atom. The van der Waals surface area contributed by atoms with Gasteiger partial charge in [-0.2, -0.15) is 0 Å². The number of fused-ring (bicyclic) bond motifs is 1. The van der Waals surface area contributed by atoms with E-state index in [0.29, 0.717) is 6.42 Å². The summed E-state index contributed by atoms with van der Waals surface area (Å²) in [4.78, 5) is 11.6. The predicted molar refractivity (Wildman–Crippen MR) is 62.4 cm³/mol. The van der Waals surface area contributed by atoms with Crippen LogP contribution in [0.5, 0.6) is 0 Å². The highest BCUT2D eigenvalue weighted by molar-refractivity contribution is 5.91. The lowest BCUT2D eigenvalue weighted by molar-refractivity contribution is -0.135. The van der Waals surface area contributed by atoms with E-state index in [2.05, 4.69) is 6.92 Å². The molecule has 0 unspecified atom stereocenters. The number of methoxy groups -OCH3 is 1. The van der Waals surface area contributed by atoms with Gasteiger partial charge in [-0.3, -0.25) is 4.79 Å². The fourth-order valence-electron chi connectivity index (χ4n) is 3.30. The zero-order valence-electron chi connectivity index (χ0n) is 10.4. The van der Waals surface area contributed by atoms with Crippen molar-refractivity contribution in [2.45, 2.75) is 32.3 Å². The van der Waals surface area contributed by atoms with Crippen molar-refractivity contribution in [3.63, 3.8) is 0 Å². The summed E-state index contributed by atoms with van der Waals surface area (Å²) >= 11 is 0. The van der Waals surface area contributed by atoms with Crippen LogP contribution in [0.4, 0.5) is 0 Å². The fourth-order valence-corrected chi connectivity index (χ4v) is 3.30. The zero-order chi connectivity index (χ0) is 12.5. The molecule has 3 atom stereocenters. The van der Waals surface area contributed by atoms with Crippen molar-refractivity contribution < 1.29 is 19.4 Å². The molecule has 0 aromatic carbocycles. The third kappa shape index (κ3) is 1.84. The van der Waals surface area contributed by atoms with Gasteiger partial charge in [0, 0.05) is 18.9 Å². The van der Waals surface area contributed by atoms with E-state index in [-0.39, 0.29) is 30.7 Å². The van der Waals surface area contributed by atoms with Crippen LogP contribution in [-0.4, -0.2) is 37.5 Å². The SMILES string of the molecule is COCO[C@H]1CC[C@@]2(C)CC(=O)C=C[C@@]12CO. The fraction of sp³-hybridized carbons (Fsp3) is 0.769. The van der Waals surface area contributed by atoms with Crippen molar-refractivity contribution in [2.75, 3.05) is 20.5 Å². The van der Waals surface area contributed by atoms with Crippen LogP contribution in [0, 0.1) is 10.8 Å². The summed E-state index contributed by atoms with van der Waals surface area (Å²) in [5, 5.41) is 9.79. The summed E-state index contributed by atoms with van der Waals surface area (Å²) in [6.07, 6.45) is 5.63. The van der Waals surface area contributed by atoms with Crippen LogP contribution in [0.25, 0.3) is 0 Å². The predicted octanol–water partition coefficient (Wildman–Crippen LogP) is 1.28. The number of ketones is 1.